The molecule has 0 spiro atoms. The van der Waals surface area contributed by atoms with Crippen molar-refractivity contribution >= 4 is 24.6 Å². The quantitative estimate of drug-likeness (QED) is 0.519. The van der Waals surface area contributed by atoms with Crippen molar-refractivity contribution in [2.45, 2.75) is 25.8 Å². The van der Waals surface area contributed by atoms with Gasteiger partial charge in [0, 0.05) is 12.3 Å². The first-order valence-electron chi connectivity index (χ1n) is 4.43. The van der Waals surface area contributed by atoms with Gasteiger partial charge in [0.2, 0.25) is 0 Å². The van der Waals surface area contributed by atoms with E-state index in [1.807, 2.05) is 6.92 Å². The maximum atomic E-state index is 11.4. The molecular formula is C8H14N2O2S. The highest BCUT2D eigenvalue weighted by Gasteiger charge is 2.36. The van der Waals surface area contributed by atoms with Crippen LogP contribution in [-0.2, 0) is 4.79 Å². The van der Waals surface area contributed by atoms with Crippen LogP contribution in [0.1, 0.15) is 19.8 Å². The number of imide groups is 1. The Morgan fingerprint density at radius 1 is 1.54 bits per heavy atom. The van der Waals surface area contributed by atoms with Gasteiger partial charge in [0.05, 0.1) is 0 Å². The zero-order chi connectivity index (χ0) is 9.84. The predicted octanol–water partition coefficient (Wildman–Crippen LogP) is 0.637. The summed E-state index contributed by atoms with van der Waals surface area (Å²) in [7, 11) is 0. The number of amides is 3. The van der Waals surface area contributed by atoms with Gasteiger partial charge in [-0.05, 0) is 6.42 Å². The number of nitrogens with one attached hydrogen (secondary N) is 1. The normalized spacial score (nSPS) is 22.3. The standard InChI is InChI=1S/C8H14N2O2S/c1-2-3-4-10-7(11)6(5-13)9-8(10)12/h6,13H,2-5H2,1H3,(H,9,12)/t6-/m0/s1. The Balaban J connectivity index is 2.54. The van der Waals surface area contributed by atoms with Crippen LogP contribution in [0.2, 0.25) is 0 Å². The molecule has 13 heavy (non-hydrogen) atoms. The van der Waals surface area contributed by atoms with Crippen LogP contribution in [-0.4, -0.2) is 35.2 Å². The van der Waals surface area contributed by atoms with E-state index in [1.165, 1.54) is 4.90 Å². The second kappa shape index (κ2) is 4.50. The molecule has 0 aromatic rings. The van der Waals surface area contributed by atoms with Gasteiger partial charge in [0.15, 0.2) is 0 Å². The molecule has 0 radical (unpaired) electrons. The first-order chi connectivity index (χ1) is 6.20. The van der Waals surface area contributed by atoms with Gasteiger partial charge >= 0.3 is 6.03 Å². The topological polar surface area (TPSA) is 49.4 Å². The van der Waals surface area contributed by atoms with Gasteiger partial charge in [0.25, 0.3) is 5.91 Å². The molecule has 1 saturated heterocycles. The molecule has 5 heteroatoms. The predicted molar refractivity (Wildman–Crippen MR) is 52.8 cm³/mol. The van der Waals surface area contributed by atoms with E-state index in [9.17, 15) is 9.59 Å². The molecule has 74 valence electrons. The maximum Gasteiger partial charge on any atom is 0.324 e. The summed E-state index contributed by atoms with van der Waals surface area (Å²) in [5.41, 5.74) is 0. The lowest BCUT2D eigenvalue weighted by Crippen LogP contribution is -2.32. The molecule has 1 rings (SSSR count). The van der Waals surface area contributed by atoms with Gasteiger partial charge in [-0.1, -0.05) is 13.3 Å². The van der Waals surface area contributed by atoms with Gasteiger partial charge in [-0.15, -0.1) is 0 Å². The third-order valence-corrected chi connectivity index (χ3v) is 2.39. The average Bonchev–Trinajstić information content (AvgIpc) is 2.39. The molecule has 0 bridgehead atoms. The Bertz CT molecular complexity index is 220. The maximum absolute atomic E-state index is 11.4. The summed E-state index contributed by atoms with van der Waals surface area (Å²) in [5, 5.41) is 2.57. The molecule has 1 aliphatic rings. The van der Waals surface area contributed by atoms with Crippen LogP contribution in [0.3, 0.4) is 0 Å². The van der Waals surface area contributed by atoms with Gasteiger partial charge in [0.1, 0.15) is 6.04 Å². The number of carbonyl (C=O) groups excluding carboxylic acids is 2. The minimum absolute atomic E-state index is 0.145. The average molecular weight is 202 g/mol. The van der Waals surface area contributed by atoms with E-state index in [2.05, 4.69) is 17.9 Å². The summed E-state index contributed by atoms with van der Waals surface area (Å²) in [5.74, 6) is 0.223. The highest BCUT2D eigenvalue weighted by atomic mass is 32.1. The SMILES string of the molecule is CCCCN1C(=O)N[C@@H](CS)C1=O. The Labute approximate surface area is 83.1 Å². The molecule has 1 aliphatic heterocycles. The smallest absolute Gasteiger partial charge is 0.324 e. The fourth-order valence-corrected chi connectivity index (χ4v) is 1.48. The van der Waals surface area contributed by atoms with E-state index in [0.29, 0.717) is 12.3 Å². The van der Waals surface area contributed by atoms with E-state index in [4.69, 9.17) is 0 Å². The number of rotatable bonds is 4. The van der Waals surface area contributed by atoms with E-state index < -0.39 is 6.04 Å². The van der Waals surface area contributed by atoms with Crippen molar-refractivity contribution < 1.29 is 9.59 Å². The molecule has 0 aromatic heterocycles. The summed E-state index contributed by atoms with van der Waals surface area (Å²) in [6, 6.07) is -0.704. The van der Waals surface area contributed by atoms with Crippen molar-refractivity contribution in [1.82, 2.24) is 10.2 Å². The molecular weight excluding hydrogens is 188 g/mol. The number of unbranched alkanes of at least 4 members (excludes halogenated alkanes) is 1. The largest absolute Gasteiger partial charge is 0.325 e. The van der Waals surface area contributed by atoms with Crippen LogP contribution >= 0.6 is 12.6 Å². The molecule has 0 saturated carbocycles. The van der Waals surface area contributed by atoms with Gasteiger partial charge in [-0.2, -0.15) is 12.6 Å². The number of hydrogen-bond acceptors (Lipinski definition) is 3. The minimum atomic E-state index is -0.423. The second-order valence-electron chi connectivity index (χ2n) is 3.03. The Kier molecular flexibility index (Phi) is 3.59. The lowest BCUT2D eigenvalue weighted by molar-refractivity contribution is -0.127. The molecule has 0 aliphatic carbocycles. The van der Waals surface area contributed by atoms with Crippen molar-refractivity contribution in [1.29, 1.82) is 0 Å². The van der Waals surface area contributed by atoms with Crippen LogP contribution in [0.15, 0.2) is 0 Å². The lowest BCUT2D eigenvalue weighted by atomic mass is 10.3. The molecule has 0 aromatic carbocycles. The van der Waals surface area contributed by atoms with Crippen molar-refractivity contribution in [3.05, 3.63) is 0 Å². The summed E-state index contributed by atoms with van der Waals surface area (Å²) >= 11 is 3.99. The highest BCUT2D eigenvalue weighted by molar-refractivity contribution is 7.80. The van der Waals surface area contributed by atoms with Gasteiger partial charge in [-0.25, -0.2) is 4.79 Å². The van der Waals surface area contributed by atoms with Crippen LogP contribution in [0.4, 0.5) is 4.79 Å². The van der Waals surface area contributed by atoms with Crippen molar-refractivity contribution in [3.8, 4) is 0 Å². The Hall–Kier alpha value is -0.710. The van der Waals surface area contributed by atoms with E-state index in [1.54, 1.807) is 0 Å². The molecule has 0 unspecified atom stereocenters. The van der Waals surface area contributed by atoms with Crippen LogP contribution in [0, 0.1) is 0 Å². The van der Waals surface area contributed by atoms with E-state index in [-0.39, 0.29) is 11.9 Å². The van der Waals surface area contributed by atoms with Crippen molar-refractivity contribution in [2.75, 3.05) is 12.3 Å². The molecule has 1 heterocycles. The highest BCUT2D eigenvalue weighted by Crippen LogP contribution is 2.08. The van der Waals surface area contributed by atoms with Crippen molar-refractivity contribution in [3.63, 3.8) is 0 Å². The summed E-state index contributed by atoms with van der Waals surface area (Å²) in [6.07, 6.45) is 1.83. The number of hydrogen-bond donors (Lipinski definition) is 2. The molecule has 1 fully saturated rings. The summed E-state index contributed by atoms with van der Waals surface area (Å²) < 4.78 is 0. The minimum Gasteiger partial charge on any atom is -0.325 e. The van der Waals surface area contributed by atoms with Crippen LogP contribution < -0.4 is 5.32 Å². The lowest BCUT2D eigenvalue weighted by Gasteiger charge is -2.11. The van der Waals surface area contributed by atoms with Crippen molar-refractivity contribution in [2.24, 2.45) is 0 Å². The van der Waals surface area contributed by atoms with Gasteiger partial charge < -0.3 is 5.32 Å². The number of urea groups is 1. The summed E-state index contributed by atoms with van der Waals surface area (Å²) in [4.78, 5) is 23.9. The fourth-order valence-electron chi connectivity index (χ4n) is 1.23. The number of nitrogens with zero attached hydrogens (tertiary/aromatic N) is 1. The first kappa shape index (κ1) is 10.4. The van der Waals surface area contributed by atoms with Gasteiger partial charge in [-0.3, -0.25) is 9.69 Å². The molecule has 1 atom stereocenters. The third kappa shape index (κ3) is 2.15. The first-order valence-corrected chi connectivity index (χ1v) is 5.06. The van der Waals surface area contributed by atoms with E-state index in [0.717, 1.165) is 12.8 Å². The van der Waals surface area contributed by atoms with Crippen LogP contribution in [0.5, 0.6) is 0 Å². The second-order valence-corrected chi connectivity index (χ2v) is 3.39. The fraction of sp³-hybridized carbons (Fsp3) is 0.750. The van der Waals surface area contributed by atoms with E-state index >= 15 is 0 Å². The monoisotopic (exact) mass is 202 g/mol. The Morgan fingerprint density at radius 3 is 2.69 bits per heavy atom. The Morgan fingerprint density at radius 2 is 2.23 bits per heavy atom. The molecule has 4 nitrogen and oxygen atoms in total. The zero-order valence-electron chi connectivity index (χ0n) is 7.62. The number of thiol groups is 1. The third-order valence-electron chi connectivity index (χ3n) is 2.02. The number of carbonyl (C=O) groups is 2. The van der Waals surface area contributed by atoms with Crippen LogP contribution in [0.25, 0.3) is 0 Å². The summed E-state index contributed by atoms with van der Waals surface area (Å²) in [6.45, 7) is 2.54. The molecule has 1 N–H and O–H groups in total. The zero-order valence-corrected chi connectivity index (χ0v) is 8.51. The molecule has 3 amide bonds.